The Balaban J connectivity index is 1.63. The summed E-state index contributed by atoms with van der Waals surface area (Å²) in [6, 6.07) is 9.76. The Morgan fingerprint density at radius 2 is 2.13 bits per heavy atom. The van der Waals surface area contributed by atoms with Gasteiger partial charge in [-0.15, -0.1) is 0 Å². The predicted octanol–water partition coefficient (Wildman–Crippen LogP) is 5.11. The lowest BCUT2D eigenvalue weighted by atomic mass is 9.86. The maximum absolute atomic E-state index is 13.5. The fourth-order valence-corrected chi connectivity index (χ4v) is 4.87. The van der Waals surface area contributed by atoms with E-state index in [-0.39, 0.29) is 5.78 Å². The van der Waals surface area contributed by atoms with Crippen molar-refractivity contribution in [3.8, 4) is 11.3 Å². The van der Waals surface area contributed by atoms with Crippen LogP contribution in [0.2, 0.25) is 0 Å². The van der Waals surface area contributed by atoms with Crippen LogP contribution in [0.1, 0.15) is 49.0 Å². The van der Waals surface area contributed by atoms with Gasteiger partial charge >= 0.3 is 0 Å². The van der Waals surface area contributed by atoms with E-state index in [1.165, 1.54) is 6.42 Å². The van der Waals surface area contributed by atoms with Gasteiger partial charge < -0.3 is 19.5 Å². The number of aromatic nitrogens is 1. The van der Waals surface area contributed by atoms with Gasteiger partial charge in [0.05, 0.1) is 16.6 Å². The molecule has 1 aliphatic heterocycles. The maximum atomic E-state index is 13.5. The van der Waals surface area contributed by atoms with Crippen LogP contribution in [0.3, 0.4) is 0 Å². The van der Waals surface area contributed by atoms with Crippen LogP contribution < -0.4 is 10.2 Å². The molecule has 162 valence electrons. The van der Waals surface area contributed by atoms with Crippen molar-refractivity contribution in [1.29, 1.82) is 0 Å². The number of hydrogen-bond acceptors (Lipinski definition) is 6. The third-order valence-electron chi connectivity index (χ3n) is 6.36. The molecule has 0 spiro atoms. The highest BCUT2D eigenvalue weighted by Crippen LogP contribution is 2.46. The zero-order valence-electron chi connectivity index (χ0n) is 18.2. The van der Waals surface area contributed by atoms with E-state index in [2.05, 4.69) is 28.4 Å². The number of rotatable bonds is 7. The summed E-state index contributed by atoms with van der Waals surface area (Å²) in [4.78, 5) is 15.9. The first kappa shape index (κ1) is 20.1. The van der Waals surface area contributed by atoms with E-state index in [4.69, 9.17) is 9.26 Å². The number of nitrogens with one attached hydrogen (secondary N) is 1. The molecular weight excluding hydrogens is 390 g/mol. The van der Waals surface area contributed by atoms with Crippen LogP contribution in [0.15, 0.2) is 34.9 Å². The van der Waals surface area contributed by atoms with Crippen molar-refractivity contribution in [3.63, 3.8) is 0 Å². The van der Waals surface area contributed by atoms with Crippen molar-refractivity contribution in [1.82, 2.24) is 5.16 Å². The molecule has 31 heavy (non-hydrogen) atoms. The van der Waals surface area contributed by atoms with Crippen molar-refractivity contribution >= 4 is 28.1 Å². The smallest absolute Gasteiger partial charge is 0.196 e. The van der Waals surface area contributed by atoms with Crippen LogP contribution in [0.25, 0.3) is 22.2 Å². The Morgan fingerprint density at radius 1 is 1.29 bits per heavy atom. The molecule has 0 amide bonds. The summed E-state index contributed by atoms with van der Waals surface area (Å²) in [6.45, 7) is 8.44. The molecule has 1 saturated heterocycles. The summed E-state index contributed by atoms with van der Waals surface area (Å²) in [5.74, 6) is 1.36. The van der Waals surface area contributed by atoms with Gasteiger partial charge in [-0.05, 0) is 38.2 Å². The molecule has 2 aliphatic rings. The number of hydrogen-bond donors (Lipinski definition) is 1. The van der Waals surface area contributed by atoms with E-state index < -0.39 is 0 Å². The van der Waals surface area contributed by atoms with E-state index in [9.17, 15) is 4.79 Å². The highest BCUT2D eigenvalue weighted by atomic mass is 16.5. The summed E-state index contributed by atoms with van der Waals surface area (Å²) >= 11 is 0. The Labute approximate surface area is 182 Å². The molecule has 1 fully saturated rings. The molecule has 0 radical (unpaired) electrons. The molecule has 2 heterocycles. The number of benzene rings is 2. The number of ether oxygens (including phenoxy) is 1. The van der Waals surface area contributed by atoms with Crippen molar-refractivity contribution < 1.29 is 14.1 Å². The number of fused-ring (bicyclic) bond motifs is 2. The van der Waals surface area contributed by atoms with Gasteiger partial charge in [-0.25, -0.2) is 0 Å². The fraction of sp³-hybridized carbons (Fsp3) is 0.440. The normalized spacial score (nSPS) is 17.8. The molecular formula is C25H29N3O3. The molecule has 6 heteroatoms. The number of anilines is 2. The zero-order valence-corrected chi connectivity index (χ0v) is 18.2. The summed E-state index contributed by atoms with van der Waals surface area (Å²) in [6.07, 6.45) is 3.28. The minimum absolute atomic E-state index is 0.0298. The third kappa shape index (κ3) is 3.49. The zero-order chi connectivity index (χ0) is 21.4. The second-order valence-corrected chi connectivity index (χ2v) is 8.60. The molecule has 6 nitrogen and oxygen atoms in total. The number of ketones is 1. The van der Waals surface area contributed by atoms with Gasteiger partial charge in [0.2, 0.25) is 0 Å². The average Bonchev–Trinajstić information content (AvgIpc) is 3.23. The van der Waals surface area contributed by atoms with Crippen molar-refractivity contribution in [2.45, 2.75) is 33.1 Å². The van der Waals surface area contributed by atoms with E-state index in [1.807, 2.05) is 31.2 Å². The Bertz CT molecular complexity index is 1120. The Hall–Kier alpha value is -2.86. The highest BCUT2D eigenvalue weighted by molar-refractivity contribution is 6.28. The molecule has 0 saturated carbocycles. The van der Waals surface area contributed by atoms with Crippen LogP contribution >= 0.6 is 0 Å². The summed E-state index contributed by atoms with van der Waals surface area (Å²) in [5, 5.41) is 8.83. The molecule has 3 aromatic rings. The minimum Gasteiger partial charge on any atom is -0.384 e. The van der Waals surface area contributed by atoms with Gasteiger partial charge in [0.15, 0.2) is 11.5 Å². The van der Waals surface area contributed by atoms with Crippen LogP contribution in [0.4, 0.5) is 11.4 Å². The summed E-state index contributed by atoms with van der Waals surface area (Å²) < 4.78 is 11.3. The van der Waals surface area contributed by atoms with Gasteiger partial charge in [-0.3, -0.25) is 4.79 Å². The van der Waals surface area contributed by atoms with Crippen LogP contribution in [0, 0.1) is 5.92 Å². The Morgan fingerprint density at radius 3 is 2.94 bits per heavy atom. The molecule has 2 aromatic carbocycles. The van der Waals surface area contributed by atoms with Crippen LogP contribution in [-0.2, 0) is 4.74 Å². The third-order valence-corrected chi connectivity index (χ3v) is 6.36. The number of piperidine rings is 1. The molecule has 0 unspecified atom stereocenters. The van der Waals surface area contributed by atoms with E-state index in [0.29, 0.717) is 36.0 Å². The first-order valence-electron chi connectivity index (χ1n) is 11.4. The van der Waals surface area contributed by atoms with Crippen molar-refractivity contribution in [2.75, 3.05) is 43.1 Å². The van der Waals surface area contributed by atoms with Gasteiger partial charge in [-0.2, -0.15) is 0 Å². The van der Waals surface area contributed by atoms with E-state index in [1.54, 1.807) is 0 Å². The lowest BCUT2D eigenvalue weighted by molar-refractivity contribution is 0.104. The van der Waals surface area contributed by atoms with Gasteiger partial charge in [0.25, 0.3) is 0 Å². The average molecular weight is 420 g/mol. The van der Waals surface area contributed by atoms with Crippen LogP contribution in [0.5, 0.6) is 0 Å². The monoisotopic (exact) mass is 419 g/mol. The molecule has 1 aliphatic carbocycles. The SMILES string of the molecule is CCOCCCNc1cc(N2CCC[C@@H](C)C2)c2noc3c2c1C(=O)c1ccccc1-3. The Kier molecular flexibility index (Phi) is 5.40. The second-order valence-electron chi connectivity index (χ2n) is 8.60. The molecule has 1 N–H and O–H groups in total. The van der Waals surface area contributed by atoms with Gasteiger partial charge in [-0.1, -0.05) is 36.3 Å². The van der Waals surface area contributed by atoms with E-state index >= 15 is 0 Å². The fourth-order valence-electron chi connectivity index (χ4n) is 4.87. The summed E-state index contributed by atoms with van der Waals surface area (Å²) in [7, 11) is 0. The lowest BCUT2D eigenvalue weighted by Crippen LogP contribution is -2.34. The highest BCUT2D eigenvalue weighted by Gasteiger charge is 2.34. The topological polar surface area (TPSA) is 67.6 Å². The summed E-state index contributed by atoms with van der Waals surface area (Å²) in [5.41, 5.74) is 4.89. The van der Waals surface area contributed by atoms with Crippen molar-refractivity contribution in [3.05, 3.63) is 41.5 Å². The van der Waals surface area contributed by atoms with Gasteiger partial charge in [0, 0.05) is 49.7 Å². The molecule has 0 bridgehead atoms. The quantitative estimate of drug-likeness (QED) is 0.420. The molecule has 1 aromatic heterocycles. The van der Waals surface area contributed by atoms with Crippen molar-refractivity contribution in [2.24, 2.45) is 5.92 Å². The lowest BCUT2D eigenvalue weighted by Gasteiger charge is -2.33. The van der Waals surface area contributed by atoms with Gasteiger partial charge in [0.1, 0.15) is 5.52 Å². The first-order chi connectivity index (χ1) is 15.2. The number of nitrogens with zero attached hydrogens (tertiary/aromatic N) is 2. The van der Waals surface area contributed by atoms with Crippen LogP contribution in [-0.4, -0.2) is 43.8 Å². The molecule has 1 atom stereocenters. The van der Waals surface area contributed by atoms with E-state index in [0.717, 1.165) is 60.3 Å². The number of carbonyl (C=O) groups is 1. The minimum atomic E-state index is 0.0298. The first-order valence-corrected chi connectivity index (χ1v) is 11.4. The molecule has 5 rings (SSSR count). The number of carbonyl (C=O) groups excluding carboxylic acids is 1. The second kappa shape index (κ2) is 8.35. The largest absolute Gasteiger partial charge is 0.384 e. The maximum Gasteiger partial charge on any atom is 0.196 e. The standard InChI is InChI=1S/C25H29N3O3/c1-3-30-13-7-11-26-19-14-20(28-12-6-8-16(2)15-28)23-22-21(19)24(29)17-9-4-5-10-18(17)25(22)31-27-23/h4-5,9-10,14,16,26H,3,6-8,11-13,15H2,1-2H3/t16-/m1/s1. The predicted molar refractivity (Wildman–Crippen MR) is 123 cm³/mol.